The Hall–Kier alpha value is -1.11. The minimum Gasteiger partial charge on any atom is -0.494 e. The van der Waals surface area contributed by atoms with Crippen molar-refractivity contribution in [3.8, 4) is 5.75 Å². The summed E-state index contributed by atoms with van der Waals surface area (Å²) >= 11 is 0. The minimum absolute atomic E-state index is 0.0960. The SMILES string of the molecule is CCCCCCCCCCCCOc1ccc(CO)cc1.CS(=O)(=O)O. The van der Waals surface area contributed by atoms with Crippen LogP contribution in [0.5, 0.6) is 5.75 Å². The molecule has 5 nitrogen and oxygen atoms in total. The largest absolute Gasteiger partial charge is 0.494 e. The fourth-order valence-corrected chi connectivity index (χ4v) is 2.47. The summed E-state index contributed by atoms with van der Waals surface area (Å²) in [5.74, 6) is 0.906. The van der Waals surface area contributed by atoms with Crippen LogP contribution in [-0.2, 0) is 16.7 Å². The van der Waals surface area contributed by atoms with E-state index in [4.69, 9.17) is 14.4 Å². The van der Waals surface area contributed by atoms with Crippen LogP contribution in [0.2, 0.25) is 0 Å². The first-order valence-electron chi connectivity index (χ1n) is 9.62. The van der Waals surface area contributed by atoms with E-state index in [0.29, 0.717) is 6.26 Å². The van der Waals surface area contributed by atoms with E-state index >= 15 is 0 Å². The molecule has 26 heavy (non-hydrogen) atoms. The van der Waals surface area contributed by atoms with Gasteiger partial charge < -0.3 is 9.84 Å². The smallest absolute Gasteiger partial charge is 0.261 e. The lowest BCUT2D eigenvalue weighted by atomic mass is 10.1. The number of benzene rings is 1. The Bertz CT molecular complexity index is 518. The first-order valence-corrected chi connectivity index (χ1v) is 11.5. The average molecular weight is 389 g/mol. The summed E-state index contributed by atoms with van der Waals surface area (Å²) in [6.45, 7) is 3.16. The van der Waals surface area contributed by atoms with E-state index in [0.717, 1.165) is 24.3 Å². The molecule has 0 radical (unpaired) electrons. The fraction of sp³-hybridized carbons (Fsp3) is 0.700. The molecule has 0 saturated heterocycles. The van der Waals surface area contributed by atoms with Gasteiger partial charge in [0.1, 0.15) is 5.75 Å². The van der Waals surface area contributed by atoms with Crippen LogP contribution >= 0.6 is 0 Å². The molecule has 0 atom stereocenters. The van der Waals surface area contributed by atoms with Crippen molar-refractivity contribution >= 4 is 10.1 Å². The van der Waals surface area contributed by atoms with E-state index in [1.54, 1.807) is 0 Å². The predicted molar refractivity (Wildman–Crippen MR) is 107 cm³/mol. The normalized spacial score (nSPS) is 10.9. The highest BCUT2D eigenvalue weighted by molar-refractivity contribution is 7.85. The van der Waals surface area contributed by atoms with Crippen molar-refractivity contribution in [2.75, 3.05) is 12.9 Å². The first kappa shape index (κ1) is 24.9. The summed E-state index contributed by atoms with van der Waals surface area (Å²) in [6, 6.07) is 7.69. The first-order chi connectivity index (χ1) is 12.4. The molecule has 1 aromatic rings. The maximum Gasteiger partial charge on any atom is 0.261 e. The molecule has 2 N–H and O–H groups in total. The summed E-state index contributed by atoms with van der Waals surface area (Å²) in [6.07, 6.45) is 14.2. The van der Waals surface area contributed by atoms with Crippen LogP contribution < -0.4 is 4.74 Å². The van der Waals surface area contributed by atoms with Crippen LogP contribution in [0.4, 0.5) is 0 Å². The van der Waals surface area contributed by atoms with Gasteiger partial charge in [0.25, 0.3) is 10.1 Å². The van der Waals surface area contributed by atoms with Gasteiger partial charge in [-0.1, -0.05) is 76.8 Å². The standard InChI is InChI=1S/C19H32O2.CH4O3S/c1-2-3-4-5-6-7-8-9-10-11-16-21-19-14-12-18(17-20)13-15-19;1-5(2,3)4/h12-15,20H,2-11,16-17H2,1H3;1H3,(H,2,3,4). The van der Waals surface area contributed by atoms with Gasteiger partial charge in [-0.05, 0) is 24.1 Å². The van der Waals surface area contributed by atoms with Gasteiger partial charge in [0.05, 0.1) is 19.5 Å². The predicted octanol–water partition coefficient (Wildman–Crippen LogP) is 4.98. The minimum atomic E-state index is -3.67. The zero-order valence-electron chi connectivity index (χ0n) is 16.3. The van der Waals surface area contributed by atoms with Crippen molar-refractivity contribution in [3.05, 3.63) is 29.8 Å². The topological polar surface area (TPSA) is 83.8 Å². The Balaban J connectivity index is 0.00000110. The zero-order chi connectivity index (χ0) is 19.7. The van der Waals surface area contributed by atoms with Crippen LogP contribution in [0.1, 0.15) is 76.7 Å². The zero-order valence-corrected chi connectivity index (χ0v) is 17.1. The van der Waals surface area contributed by atoms with Crippen molar-refractivity contribution < 1.29 is 22.8 Å². The highest BCUT2D eigenvalue weighted by atomic mass is 32.2. The van der Waals surface area contributed by atoms with E-state index < -0.39 is 10.1 Å². The maximum absolute atomic E-state index is 9.19. The molecule has 0 aliphatic carbocycles. The van der Waals surface area contributed by atoms with Crippen molar-refractivity contribution in [2.24, 2.45) is 0 Å². The second-order valence-corrected chi connectivity index (χ2v) is 8.03. The lowest BCUT2D eigenvalue weighted by molar-refractivity contribution is 0.281. The summed E-state index contributed by atoms with van der Waals surface area (Å²) in [5.41, 5.74) is 0.932. The molecule has 152 valence electrons. The van der Waals surface area contributed by atoms with Crippen LogP contribution in [-0.4, -0.2) is 30.9 Å². The van der Waals surface area contributed by atoms with E-state index in [1.807, 2.05) is 24.3 Å². The average Bonchev–Trinajstić information content (AvgIpc) is 2.59. The summed E-state index contributed by atoms with van der Waals surface area (Å²) < 4.78 is 31.6. The highest BCUT2D eigenvalue weighted by Crippen LogP contribution is 2.14. The monoisotopic (exact) mass is 388 g/mol. The number of unbranched alkanes of at least 4 members (excludes halogenated alkanes) is 9. The molecule has 0 spiro atoms. The van der Waals surface area contributed by atoms with Crippen LogP contribution in [0, 0.1) is 0 Å². The van der Waals surface area contributed by atoms with Gasteiger partial charge in [-0.15, -0.1) is 0 Å². The molecular formula is C20H36O5S. The van der Waals surface area contributed by atoms with Crippen molar-refractivity contribution in [1.82, 2.24) is 0 Å². The van der Waals surface area contributed by atoms with Gasteiger partial charge in [-0.25, -0.2) is 0 Å². The number of rotatable bonds is 13. The maximum atomic E-state index is 9.19. The number of aliphatic hydroxyl groups is 1. The van der Waals surface area contributed by atoms with E-state index in [2.05, 4.69) is 6.92 Å². The van der Waals surface area contributed by atoms with Gasteiger partial charge in [-0.3, -0.25) is 4.55 Å². The summed E-state index contributed by atoms with van der Waals surface area (Å²) in [7, 11) is -3.67. The Morgan fingerprint density at radius 2 is 1.27 bits per heavy atom. The molecule has 0 fully saturated rings. The van der Waals surface area contributed by atoms with Crippen LogP contribution in [0.3, 0.4) is 0 Å². The molecule has 1 aromatic carbocycles. The van der Waals surface area contributed by atoms with Gasteiger partial charge in [-0.2, -0.15) is 8.42 Å². The Morgan fingerprint density at radius 1 is 0.846 bits per heavy atom. The van der Waals surface area contributed by atoms with Gasteiger partial charge >= 0.3 is 0 Å². The van der Waals surface area contributed by atoms with Gasteiger partial charge in [0.2, 0.25) is 0 Å². The molecule has 0 saturated carbocycles. The van der Waals surface area contributed by atoms with Crippen molar-refractivity contribution in [3.63, 3.8) is 0 Å². The number of hydrogen-bond donors (Lipinski definition) is 2. The number of ether oxygens (including phenoxy) is 1. The molecule has 0 aliphatic heterocycles. The fourth-order valence-electron chi connectivity index (χ4n) is 2.47. The summed E-state index contributed by atoms with van der Waals surface area (Å²) in [5, 5.41) is 8.96. The van der Waals surface area contributed by atoms with Crippen LogP contribution in [0.25, 0.3) is 0 Å². The van der Waals surface area contributed by atoms with E-state index in [1.165, 1.54) is 57.8 Å². The molecule has 0 aromatic heterocycles. The Labute approximate surface area is 159 Å². The van der Waals surface area contributed by atoms with E-state index in [-0.39, 0.29) is 6.61 Å². The molecule has 0 unspecified atom stereocenters. The molecule has 6 heteroatoms. The Kier molecular flexibility index (Phi) is 15.4. The Morgan fingerprint density at radius 3 is 1.69 bits per heavy atom. The van der Waals surface area contributed by atoms with Crippen molar-refractivity contribution in [1.29, 1.82) is 0 Å². The second-order valence-electron chi connectivity index (χ2n) is 6.57. The van der Waals surface area contributed by atoms with Gasteiger partial charge in [0, 0.05) is 0 Å². The molecule has 1 rings (SSSR count). The number of hydrogen-bond acceptors (Lipinski definition) is 4. The van der Waals surface area contributed by atoms with Crippen molar-refractivity contribution in [2.45, 2.75) is 77.7 Å². The highest BCUT2D eigenvalue weighted by Gasteiger charge is 1.96. The third-order valence-corrected chi connectivity index (χ3v) is 3.87. The molecule has 0 bridgehead atoms. The summed E-state index contributed by atoms with van der Waals surface area (Å²) in [4.78, 5) is 0. The lowest BCUT2D eigenvalue weighted by Crippen LogP contribution is -1.97. The molecular weight excluding hydrogens is 352 g/mol. The third-order valence-electron chi connectivity index (χ3n) is 3.87. The van der Waals surface area contributed by atoms with Crippen LogP contribution in [0.15, 0.2) is 24.3 Å². The quantitative estimate of drug-likeness (QED) is 0.368. The lowest BCUT2D eigenvalue weighted by Gasteiger charge is -2.06. The van der Waals surface area contributed by atoms with Gasteiger partial charge in [0.15, 0.2) is 0 Å². The number of aliphatic hydroxyl groups excluding tert-OH is 1. The second kappa shape index (κ2) is 16.1. The molecule has 0 amide bonds. The van der Waals surface area contributed by atoms with E-state index in [9.17, 15) is 8.42 Å². The molecule has 0 aliphatic rings. The third kappa shape index (κ3) is 19.2. The molecule has 0 heterocycles.